The predicted octanol–water partition coefficient (Wildman–Crippen LogP) is 5.47. The lowest BCUT2D eigenvalue weighted by atomic mass is 9.76. The van der Waals surface area contributed by atoms with Gasteiger partial charge in [-0.05, 0) is 58.0 Å². The summed E-state index contributed by atoms with van der Waals surface area (Å²) in [6, 6.07) is 18.1. The standard InChI is InChI=1S/C28H32N2O4/c1-5-29(6-2)19-13-15-23-25(17-19)34-26-18-20(30(7-3)8-4)14-16-24(26)28(23,33)22-12-10-9-11-21(22)27(31)32/h9-18,33H,5-8H2,1-4H3,(H,31,32). The second kappa shape index (κ2) is 9.39. The lowest BCUT2D eigenvalue weighted by Crippen LogP contribution is -2.34. The highest BCUT2D eigenvalue weighted by atomic mass is 16.5. The van der Waals surface area contributed by atoms with E-state index in [9.17, 15) is 15.0 Å². The van der Waals surface area contributed by atoms with Crippen LogP contribution in [0.25, 0.3) is 0 Å². The minimum atomic E-state index is -1.68. The van der Waals surface area contributed by atoms with Gasteiger partial charge in [-0.3, -0.25) is 0 Å². The van der Waals surface area contributed by atoms with E-state index >= 15 is 0 Å². The summed E-state index contributed by atoms with van der Waals surface area (Å²) in [7, 11) is 0. The Morgan fingerprint density at radius 1 is 0.765 bits per heavy atom. The monoisotopic (exact) mass is 460 g/mol. The highest BCUT2D eigenvalue weighted by molar-refractivity contribution is 5.90. The second-order valence-corrected chi connectivity index (χ2v) is 8.37. The molecule has 3 aromatic carbocycles. The van der Waals surface area contributed by atoms with E-state index in [-0.39, 0.29) is 5.56 Å². The fourth-order valence-corrected chi connectivity index (χ4v) is 4.90. The predicted molar refractivity (Wildman–Crippen MR) is 136 cm³/mol. The molecule has 0 saturated carbocycles. The van der Waals surface area contributed by atoms with Crippen molar-refractivity contribution < 1.29 is 19.7 Å². The Labute approximate surface area is 201 Å². The van der Waals surface area contributed by atoms with Crippen LogP contribution in [0.4, 0.5) is 11.4 Å². The molecule has 0 atom stereocenters. The number of aliphatic hydroxyl groups is 1. The van der Waals surface area contributed by atoms with E-state index in [1.165, 1.54) is 6.07 Å². The van der Waals surface area contributed by atoms with Gasteiger partial charge in [-0.2, -0.15) is 0 Å². The van der Waals surface area contributed by atoms with Gasteiger partial charge in [0.15, 0.2) is 0 Å². The Morgan fingerprint density at radius 2 is 1.24 bits per heavy atom. The quantitative estimate of drug-likeness (QED) is 0.465. The van der Waals surface area contributed by atoms with Gasteiger partial charge in [0, 0.05) is 66.4 Å². The lowest BCUT2D eigenvalue weighted by Gasteiger charge is -2.38. The molecular weight excluding hydrogens is 428 g/mol. The van der Waals surface area contributed by atoms with Gasteiger partial charge in [-0.1, -0.05) is 18.2 Å². The SMILES string of the molecule is CCN(CC)c1ccc2c(c1)Oc1cc(N(CC)CC)ccc1C2(O)c1ccccc1C(=O)O. The number of carboxylic acids is 1. The lowest BCUT2D eigenvalue weighted by molar-refractivity contribution is 0.0676. The fraction of sp³-hybridized carbons (Fsp3) is 0.321. The number of anilines is 2. The summed E-state index contributed by atoms with van der Waals surface area (Å²) in [6.07, 6.45) is 0. The van der Waals surface area contributed by atoms with Gasteiger partial charge in [-0.15, -0.1) is 0 Å². The molecule has 2 N–H and O–H groups in total. The number of fused-ring (bicyclic) bond motifs is 2. The zero-order chi connectivity index (χ0) is 24.5. The van der Waals surface area contributed by atoms with Gasteiger partial charge in [0.2, 0.25) is 0 Å². The van der Waals surface area contributed by atoms with Crippen molar-refractivity contribution in [3.05, 3.63) is 82.9 Å². The van der Waals surface area contributed by atoms with E-state index in [4.69, 9.17) is 4.74 Å². The second-order valence-electron chi connectivity index (χ2n) is 8.37. The summed E-state index contributed by atoms with van der Waals surface area (Å²) in [5, 5.41) is 22.3. The molecule has 0 unspecified atom stereocenters. The molecule has 1 heterocycles. The number of hydrogen-bond donors (Lipinski definition) is 2. The average molecular weight is 461 g/mol. The van der Waals surface area contributed by atoms with Crippen molar-refractivity contribution >= 4 is 17.3 Å². The summed E-state index contributed by atoms with van der Waals surface area (Å²) in [5.41, 5.74) is 1.73. The van der Waals surface area contributed by atoms with Crippen LogP contribution in [0.15, 0.2) is 60.7 Å². The third-order valence-electron chi connectivity index (χ3n) is 6.73. The number of benzene rings is 3. The van der Waals surface area contributed by atoms with Crippen LogP contribution in [0, 0.1) is 0 Å². The van der Waals surface area contributed by atoms with Crippen LogP contribution >= 0.6 is 0 Å². The number of carboxylic acid groups (broad SMARTS) is 1. The Bertz CT molecular complexity index is 1140. The van der Waals surface area contributed by atoms with Crippen LogP contribution in [0.3, 0.4) is 0 Å². The molecule has 4 rings (SSSR count). The molecule has 0 amide bonds. The van der Waals surface area contributed by atoms with Crippen molar-refractivity contribution in [2.45, 2.75) is 33.3 Å². The van der Waals surface area contributed by atoms with E-state index in [2.05, 4.69) is 37.5 Å². The van der Waals surface area contributed by atoms with Crippen LogP contribution in [0.1, 0.15) is 54.7 Å². The minimum Gasteiger partial charge on any atom is -0.478 e. The molecule has 0 radical (unpaired) electrons. The van der Waals surface area contributed by atoms with Crippen LogP contribution in [-0.4, -0.2) is 42.4 Å². The maximum absolute atomic E-state index is 12.4. The van der Waals surface area contributed by atoms with E-state index in [1.54, 1.807) is 18.2 Å². The third kappa shape index (κ3) is 3.78. The number of carbonyl (C=O) groups is 1. The van der Waals surface area contributed by atoms with Gasteiger partial charge in [0.25, 0.3) is 0 Å². The molecule has 0 aliphatic carbocycles. The molecule has 6 heteroatoms. The first-order chi connectivity index (χ1) is 16.4. The molecule has 0 aromatic heterocycles. The molecule has 0 bridgehead atoms. The fourth-order valence-electron chi connectivity index (χ4n) is 4.90. The average Bonchev–Trinajstić information content (AvgIpc) is 2.85. The first kappa shape index (κ1) is 23.6. The van der Waals surface area contributed by atoms with Gasteiger partial charge in [0.1, 0.15) is 17.1 Å². The molecule has 3 aromatic rings. The number of ether oxygens (including phenoxy) is 1. The molecule has 0 spiro atoms. The van der Waals surface area contributed by atoms with Crippen LogP contribution < -0.4 is 14.5 Å². The Hall–Kier alpha value is -3.51. The first-order valence-electron chi connectivity index (χ1n) is 11.9. The highest BCUT2D eigenvalue weighted by Gasteiger charge is 2.44. The summed E-state index contributed by atoms with van der Waals surface area (Å²) >= 11 is 0. The van der Waals surface area contributed by atoms with Gasteiger partial charge < -0.3 is 24.7 Å². The molecular formula is C28H32N2O4. The summed E-state index contributed by atoms with van der Waals surface area (Å²) in [5.74, 6) is -0.0364. The Kier molecular flexibility index (Phi) is 6.53. The topological polar surface area (TPSA) is 73.2 Å². The molecule has 34 heavy (non-hydrogen) atoms. The normalized spacial score (nSPS) is 13.4. The van der Waals surface area contributed by atoms with Gasteiger partial charge >= 0.3 is 5.97 Å². The van der Waals surface area contributed by atoms with Gasteiger partial charge in [-0.25, -0.2) is 4.79 Å². The molecule has 1 aliphatic rings. The van der Waals surface area contributed by atoms with Crippen molar-refractivity contribution in [2.24, 2.45) is 0 Å². The molecule has 178 valence electrons. The summed E-state index contributed by atoms with van der Waals surface area (Å²) < 4.78 is 6.39. The maximum atomic E-state index is 12.4. The Balaban J connectivity index is 1.99. The number of rotatable bonds is 8. The van der Waals surface area contributed by atoms with Crippen molar-refractivity contribution in [3.8, 4) is 11.5 Å². The van der Waals surface area contributed by atoms with Crippen LogP contribution in [-0.2, 0) is 5.60 Å². The molecule has 0 saturated heterocycles. The smallest absolute Gasteiger partial charge is 0.336 e. The van der Waals surface area contributed by atoms with Crippen LogP contribution in [0.2, 0.25) is 0 Å². The van der Waals surface area contributed by atoms with Crippen LogP contribution in [0.5, 0.6) is 11.5 Å². The van der Waals surface area contributed by atoms with E-state index in [1.807, 2.05) is 36.4 Å². The molecule has 1 aliphatic heterocycles. The van der Waals surface area contributed by atoms with E-state index < -0.39 is 11.6 Å². The van der Waals surface area contributed by atoms with E-state index in [0.717, 1.165) is 37.6 Å². The van der Waals surface area contributed by atoms with Crippen molar-refractivity contribution in [2.75, 3.05) is 36.0 Å². The van der Waals surface area contributed by atoms with E-state index in [0.29, 0.717) is 28.2 Å². The third-order valence-corrected chi connectivity index (χ3v) is 6.73. The number of aromatic carboxylic acids is 1. The van der Waals surface area contributed by atoms with Crippen molar-refractivity contribution in [3.63, 3.8) is 0 Å². The Morgan fingerprint density at radius 3 is 1.68 bits per heavy atom. The minimum absolute atomic E-state index is 0.0597. The first-order valence-corrected chi connectivity index (χ1v) is 11.9. The molecule has 0 fully saturated rings. The maximum Gasteiger partial charge on any atom is 0.336 e. The number of hydrogen-bond acceptors (Lipinski definition) is 5. The molecule has 6 nitrogen and oxygen atoms in total. The number of nitrogens with zero attached hydrogens (tertiary/aromatic N) is 2. The zero-order valence-electron chi connectivity index (χ0n) is 20.2. The van der Waals surface area contributed by atoms with Crippen molar-refractivity contribution in [1.29, 1.82) is 0 Å². The zero-order valence-corrected chi connectivity index (χ0v) is 20.2. The summed E-state index contributed by atoms with van der Waals surface area (Å²) in [6.45, 7) is 11.7. The van der Waals surface area contributed by atoms with Crippen molar-refractivity contribution in [1.82, 2.24) is 0 Å². The largest absolute Gasteiger partial charge is 0.478 e. The van der Waals surface area contributed by atoms with Gasteiger partial charge in [0.05, 0.1) is 5.56 Å². The summed E-state index contributed by atoms with van der Waals surface area (Å²) in [4.78, 5) is 16.5. The highest BCUT2D eigenvalue weighted by Crippen LogP contribution is 2.52.